The Balaban J connectivity index is 2.86. The Morgan fingerprint density at radius 1 is 1.33 bits per heavy atom. The maximum atomic E-state index is 11.6. The number of allylic oxidation sites excluding steroid dienone is 1. The van der Waals surface area contributed by atoms with Gasteiger partial charge >= 0.3 is 0 Å². The van der Waals surface area contributed by atoms with E-state index < -0.39 is 9.84 Å². The van der Waals surface area contributed by atoms with Crippen molar-refractivity contribution in [1.29, 1.82) is 0 Å². The second-order valence-electron chi connectivity index (χ2n) is 4.60. The van der Waals surface area contributed by atoms with E-state index in [0.29, 0.717) is 18.0 Å². The molecule has 0 atom stereocenters. The predicted molar refractivity (Wildman–Crippen MR) is 84.7 cm³/mol. The van der Waals surface area contributed by atoms with Crippen LogP contribution in [0.2, 0.25) is 0 Å². The number of aliphatic hydroxyl groups is 1. The van der Waals surface area contributed by atoms with Gasteiger partial charge in [0.25, 0.3) is 0 Å². The minimum absolute atomic E-state index is 0.0908. The van der Waals surface area contributed by atoms with Crippen LogP contribution in [0.1, 0.15) is 19.8 Å². The largest absolute Gasteiger partial charge is 0.489 e. The molecule has 0 aliphatic carbocycles. The minimum Gasteiger partial charge on any atom is -0.489 e. The van der Waals surface area contributed by atoms with Gasteiger partial charge in [0.2, 0.25) is 0 Å². The van der Waals surface area contributed by atoms with E-state index in [-0.39, 0.29) is 18.1 Å². The normalized spacial score (nSPS) is 11.8. The standard InChI is InChI=1S/C15H23NO4S/c1-3-4-5-6-9-16-14-12-13(21(2,18)19)7-8-15(14)20-11-10-17/h4-5,7-8,12,16-17H,3,6,9-11H2,1-2H3/b5-4+. The monoisotopic (exact) mass is 313 g/mol. The average molecular weight is 313 g/mol. The number of nitrogens with one attached hydrogen (secondary N) is 1. The van der Waals surface area contributed by atoms with Crippen molar-refractivity contribution in [2.45, 2.75) is 24.7 Å². The Bertz CT molecular complexity index is 567. The lowest BCUT2D eigenvalue weighted by atomic mass is 10.2. The summed E-state index contributed by atoms with van der Waals surface area (Å²) >= 11 is 0. The van der Waals surface area contributed by atoms with Crippen LogP contribution in [0.25, 0.3) is 0 Å². The van der Waals surface area contributed by atoms with Gasteiger partial charge in [0.15, 0.2) is 9.84 Å². The highest BCUT2D eigenvalue weighted by atomic mass is 32.2. The Kier molecular flexibility index (Phi) is 7.25. The molecule has 1 aromatic rings. The molecule has 0 saturated heterocycles. The van der Waals surface area contributed by atoms with E-state index in [9.17, 15) is 8.42 Å². The molecule has 0 aliphatic rings. The van der Waals surface area contributed by atoms with E-state index in [4.69, 9.17) is 9.84 Å². The molecule has 0 bridgehead atoms. The number of hydrogen-bond donors (Lipinski definition) is 2. The highest BCUT2D eigenvalue weighted by Gasteiger charge is 2.11. The maximum Gasteiger partial charge on any atom is 0.175 e. The van der Waals surface area contributed by atoms with Crippen LogP contribution in [0.5, 0.6) is 5.75 Å². The molecule has 1 aromatic carbocycles. The van der Waals surface area contributed by atoms with Crippen molar-refractivity contribution in [2.24, 2.45) is 0 Å². The molecule has 0 aliphatic heterocycles. The van der Waals surface area contributed by atoms with Crippen molar-refractivity contribution in [3.63, 3.8) is 0 Å². The number of benzene rings is 1. The Labute approximate surface area is 126 Å². The third-order valence-electron chi connectivity index (χ3n) is 2.76. The fourth-order valence-corrected chi connectivity index (χ4v) is 2.38. The average Bonchev–Trinajstić information content (AvgIpc) is 2.44. The summed E-state index contributed by atoms with van der Waals surface area (Å²) in [5, 5.41) is 12.0. The first kappa shape index (κ1) is 17.5. The third-order valence-corrected chi connectivity index (χ3v) is 3.87. The number of hydrogen-bond acceptors (Lipinski definition) is 5. The van der Waals surface area contributed by atoms with Crippen molar-refractivity contribution >= 4 is 15.5 Å². The highest BCUT2D eigenvalue weighted by molar-refractivity contribution is 7.90. The zero-order valence-electron chi connectivity index (χ0n) is 12.5. The second kappa shape index (κ2) is 8.69. The first-order valence-corrected chi connectivity index (χ1v) is 8.84. The van der Waals surface area contributed by atoms with Crippen LogP contribution in [0, 0.1) is 0 Å². The molecule has 118 valence electrons. The summed E-state index contributed by atoms with van der Waals surface area (Å²) in [7, 11) is -3.26. The topological polar surface area (TPSA) is 75.6 Å². The van der Waals surface area contributed by atoms with Crippen LogP contribution in [0.15, 0.2) is 35.2 Å². The van der Waals surface area contributed by atoms with Gasteiger partial charge in [-0.05, 0) is 31.0 Å². The quantitative estimate of drug-likeness (QED) is 0.540. The third kappa shape index (κ3) is 6.18. The molecule has 6 heteroatoms. The molecule has 1 rings (SSSR count). The SMILES string of the molecule is CC/C=C/CCNc1cc(S(C)(=O)=O)ccc1OCCO. The van der Waals surface area contributed by atoms with Gasteiger partial charge in [-0.2, -0.15) is 0 Å². The summed E-state index contributed by atoms with van der Waals surface area (Å²) in [5.41, 5.74) is 0.622. The van der Waals surface area contributed by atoms with E-state index >= 15 is 0 Å². The van der Waals surface area contributed by atoms with Crippen LogP contribution in [-0.4, -0.2) is 39.5 Å². The molecule has 0 fully saturated rings. The Hall–Kier alpha value is -1.53. The van der Waals surface area contributed by atoms with Gasteiger partial charge < -0.3 is 15.2 Å². The van der Waals surface area contributed by atoms with E-state index in [1.807, 2.05) is 0 Å². The van der Waals surface area contributed by atoms with Crippen molar-refractivity contribution in [2.75, 3.05) is 31.3 Å². The van der Waals surface area contributed by atoms with Crippen molar-refractivity contribution in [1.82, 2.24) is 0 Å². The smallest absolute Gasteiger partial charge is 0.175 e. The minimum atomic E-state index is -3.26. The van der Waals surface area contributed by atoms with Gasteiger partial charge in [-0.3, -0.25) is 0 Å². The zero-order chi connectivity index (χ0) is 15.7. The van der Waals surface area contributed by atoms with Crippen LogP contribution >= 0.6 is 0 Å². The number of ether oxygens (including phenoxy) is 1. The fourth-order valence-electron chi connectivity index (χ4n) is 1.73. The van der Waals surface area contributed by atoms with Gasteiger partial charge in [0.1, 0.15) is 12.4 Å². The van der Waals surface area contributed by atoms with Crippen molar-refractivity contribution in [3.05, 3.63) is 30.4 Å². The molecule has 0 unspecified atom stereocenters. The summed E-state index contributed by atoms with van der Waals surface area (Å²) in [5.74, 6) is 0.538. The van der Waals surface area contributed by atoms with Crippen molar-refractivity contribution in [3.8, 4) is 5.75 Å². The Morgan fingerprint density at radius 2 is 2.10 bits per heavy atom. The molecular weight excluding hydrogens is 290 g/mol. The lowest BCUT2D eigenvalue weighted by Crippen LogP contribution is -2.08. The summed E-state index contributed by atoms with van der Waals surface area (Å²) in [6, 6.07) is 4.67. The second-order valence-corrected chi connectivity index (χ2v) is 6.61. The highest BCUT2D eigenvalue weighted by Crippen LogP contribution is 2.27. The molecular formula is C15H23NO4S. The van der Waals surface area contributed by atoms with Gasteiger partial charge in [-0.1, -0.05) is 19.1 Å². The van der Waals surface area contributed by atoms with E-state index in [1.165, 1.54) is 12.3 Å². The molecule has 0 heterocycles. The molecule has 21 heavy (non-hydrogen) atoms. The van der Waals surface area contributed by atoms with E-state index in [0.717, 1.165) is 12.8 Å². The maximum absolute atomic E-state index is 11.6. The van der Waals surface area contributed by atoms with Gasteiger partial charge in [-0.25, -0.2) is 8.42 Å². The molecule has 0 saturated carbocycles. The number of aliphatic hydroxyl groups excluding tert-OH is 1. The van der Waals surface area contributed by atoms with Crippen LogP contribution in [0.4, 0.5) is 5.69 Å². The molecule has 0 amide bonds. The molecule has 0 radical (unpaired) electrons. The molecule has 5 nitrogen and oxygen atoms in total. The molecule has 2 N–H and O–H groups in total. The van der Waals surface area contributed by atoms with Crippen LogP contribution in [0.3, 0.4) is 0 Å². The van der Waals surface area contributed by atoms with Gasteiger partial charge in [0.05, 0.1) is 17.2 Å². The molecule has 0 spiro atoms. The zero-order valence-corrected chi connectivity index (χ0v) is 13.3. The van der Waals surface area contributed by atoms with Gasteiger partial charge in [0, 0.05) is 12.8 Å². The van der Waals surface area contributed by atoms with E-state index in [1.54, 1.807) is 12.1 Å². The summed E-state index contributed by atoms with van der Waals surface area (Å²) in [4.78, 5) is 0.241. The number of rotatable bonds is 9. The van der Waals surface area contributed by atoms with Crippen LogP contribution in [-0.2, 0) is 9.84 Å². The fraction of sp³-hybridized carbons (Fsp3) is 0.467. The lowest BCUT2D eigenvalue weighted by Gasteiger charge is -2.13. The summed E-state index contributed by atoms with van der Waals surface area (Å²) in [6.45, 7) is 2.83. The first-order chi connectivity index (χ1) is 9.99. The van der Waals surface area contributed by atoms with Crippen molar-refractivity contribution < 1.29 is 18.3 Å². The van der Waals surface area contributed by atoms with E-state index in [2.05, 4.69) is 24.4 Å². The number of anilines is 1. The lowest BCUT2D eigenvalue weighted by molar-refractivity contribution is 0.202. The van der Waals surface area contributed by atoms with Crippen LogP contribution < -0.4 is 10.1 Å². The molecule has 0 aromatic heterocycles. The Morgan fingerprint density at radius 3 is 2.71 bits per heavy atom. The number of sulfone groups is 1. The van der Waals surface area contributed by atoms with Gasteiger partial charge in [-0.15, -0.1) is 0 Å². The first-order valence-electron chi connectivity index (χ1n) is 6.95. The summed E-state index contributed by atoms with van der Waals surface area (Å²) in [6.07, 6.45) is 7.16. The predicted octanol–water partition coefficient (Wildman–Crippen LogP) is 2.23. The summed E-state index contributed by atoms with van der Waals surface area (Å²) < 4.78 is 28.6.